The minimum absolute atomic E-state index is 0.0267. The molecule has 5 rings (SSSR count). The molecule has 4 amide bonds. The predicted molar refractivity (Wildman–Crippen MR) is 161 cm³/mol. The number of imide groups is 1. The summed E-state index contributed by atoms with van der Waals surface area (Å²) in [6.45, 7) is 2.86. The van der Waals surface area contributed by atoms with Crippen molar-refractivity contribution in [2.45, 2.75) is 31.3 Å². The van der Waals surface area contributed by atoms with E-state index in [0.29, 0.717) is 31.6 Å². The summed E-state index contributed by atoms with van der Waals surface area (Å²) in [5.74, 6) is -4.23. The van der Waals surface area contributed by atoms with E-state index in [2.05, 4.69) is 21.3 Å². The van der Waals surface area contributed by atoms with Crippen LogP contribution in [0, 0.1) is 34.8 Å². The zero-order valence-corrected chi connectivity index (χ0v) is 25.2. The maximum absolute atomic E-state index is 14.4. The number of carbonyl (C=O) groups is 3. The third kappa shape index (κ3) is 6.82. The van der Waals surface area contributed by atoms with E-state index >= 15 is 0 Å². The Hall–Kier alpha value is -4.41. The molecule has 0 aliphatic carbocycles. The number of nitrogens with zero attached hydrogens (tertiary/aromatic N) is 5. The maximum atomic E-state index is 14.4. The Kier molecular flexibility index (Phi) is 10.0. The van der Waals surface area contributed by atoms with Gasteiger partial charge in [0.2, 0.25) is 0 Å². The molecule has 3 aliphatic heterocycles. The molecule has 2 saturated heterocycles. The number of hydrogen-bond donors (Lipinski definition) is 1. The second-order valence-electron chi connectivity index (χ2n) is 11.5. The van der Waals surface area contributed by atoms with Gasteiger partial charge in [-0.2, -0.15) is 10.3 Å². The van der Waals surface area contributed by atoms with Crippen molar-refractivity contribution in [2.24, 2.45) is 16.8 Å². The van der Waals surface area contributed by atoms with Gasteiger partial charge in [0, 0.05) is 39.3 Å². The number of halogens is 2. The molecule has 1 N–H and O–H groups in total. The van der Waals surface area contributed by atoms with Crippen LogP contribution in [-0.2, 0) is 14.3 Å². The molecule has 2 unspecified atom stereocenters. The summed E-state index contributed by atoms with van der Waals surface area (Å²) in [5, 5.41) is 13.1. The number of likely N-dealkylation sites (tertiary alicyclic amines) is 1. The molecule has 3 aliphatic rings. The van der Waals surface area contributed by atoms with Crippen molar-refractivity contribution in [1.29, 1.82) is 5.26 Å². The summed E-state index contributed by atoms with van der Waals surface area (Å²) in [4.78, 5) is 48.8. The molecule has 45 heavy (non-hydrogen) atoms. The van der Waals surface area contributed by atoms with Gasteiger partial charge in [-0.15, -0.1) is 0 Å². The average molecular weight is 623 g/mol. The lowest BCUT2D eigenvalue weighted by molar-refractivity contribution is -0.144. The number of urea groups is 2. The van der Waals surface area contributed by atoms with Gasteiger partial charge in [0.15, 0.2) is 11.6 Å². The first-order valence-corrected chi connectivity index (χ1v) is 14.9. The second kappa shape index (κ2) is 14.1. The van der Waals surface area contributed by atoms with Gasteiger partial charge in [0.1, 0.15) is 12.0 Å². The summed E-state index contributed by atoms with van der Waals surface area (Å²) >= 11 is 0. The number of nitrogens with one attached hydrogen (secondary N) is 1. The van der Waals surface area contributed by atoms with E-state index < -0.39 is 41.6 Å². The average Bonchev–Trinajstić information content (AvgIpc) is 3.54. The zero-order chi connectivity index (χ0) is 32.1. The van der Waals surface area contributed by atoms with Gasteiger partial charge < -0.3 is 24.6 Å². The third-order valence-corrected chi connectivity index (χ3v) is 8.75. The highest BCUT2D eigenvalue weighted by Gasteiger charge is 2.49. The van der Waals surface area contributed by atoms with Gasteiger partial charge in [-0.05, 0) is 61.6 Å². The Morgan fingerprint density at radius 3 is 2.51 bits per heavy atom. The fraction of sp³-hybridized carbons (Fsp3) is 0.469. The minimum atomic E-state index is -1.32. The number of methoxy groups -OCH3 is 2. The molecule has 13 heteroatoms. The van der Waals surface area contributed by atoms with Crippen LogP contribution in [0.3, 0.4) is 0 Å². The fourth-order valence-electron chi connectivity index (χ4n) is 6.42. The number of esters is 1. The zero-order valence-electron chi connectivity index (χ0n) is 25.2. The molecule has 3 atom stereocenters. The van der Waals surface area contributed by atoms with Crippen molar-refractivity contribution in [3.63, 3.8) is 0 Å². The highest BCUT2D eigenvalue weighted by molar-refractivity contribution is 6.12. The summed E-state index contributed by atoms with van der Waals surface area (Å²) in [5.41, 5.74) is 1.69. The molecular formula is C32H36F2N6O5. The van der Waals surface area contributed by atoms with E-state index in [4.69, 9.17) is 9.47 Å². The first-order valence-electron chi connectivity index (χ1n) is 14.9. The van der Waals surface area contributed by atoms with Gasteiger partial charge >= 0.3 is 18.0 Å². The van der Waals surface area contributed by atoms with Gasteiger partial charge in [-0.1, -0.05) is 18.2 Å². The van der Waals surface area contributed by atoms with E-state index in [1.54, 1.807) is 0 Å². The number of carbonyl (C=O) groups excluding carboxylic acids is 3. The van der Waals surface area contributed by atoms with E-state index in [0.717, 1.165) is 55.8 Å². The fourth-order valence-corrected chi connectivity index (χ4v) is 6.42. The molecule has 11 nitrogen and oxygen atoms in total. The lowest BCUT2D eigenvalue weighted by Gasteiger charge is -2.39. The summed E-state index contributed by atoms with van der Waals surface area (Å²) in [7, 11) is 2.52. The smallest absolute Gasteiger partial charge is 0.352 e. The maximum Gasteiger partial charge on any atom is 0.352 e. The minimum Gasteiger partial charge on any atom is -0.468 e. The predicted octanol–water partition coefficient (Wildman–Crippen LogP) is 3.89. The number of hydrogen-bond acceptors (Lipinski definition) is 8. The Balaban J connectivity index is 1.26. The van der Waals surface area contributed by atoms with Crippen molar-refractivity contribution >= 4 is 29.4 Å². The monoisotopic (exact) mass is 622 g/mol. The molecule has 2 aromatic carbocycles. The number of nitriles is 1. The quantitative estimate of drug-likeness (QED) is 0.440. The van der Waals surface area contributed by atoms with Crippen LogP contribution in [0.4, 0.5) is 24.1 Å². The molecule has 0 spiro atoms. The molecule has 0 bridgehead atoms. The topological polar surface area (TPSA) is 128 Å². The van der Waals surface area contributed by atoms with Crippen molar-refractivity contribution in [3.8, 4) is 6.07 Å². The second-order valence-corrected chi connectivity index (χ2v) is 11.5. The first-order chi connectivity index (χ1) is 21.7. The van der Waals surface area contributed by atoms with Crippen molar-refractivity contribution in [1.82, 2.24) is 15.1 Å². The Morgan fingerprint density at radius 2 is 1.82 bits per heavy atom. The lowest BCUT2D eigenvalue weighted by atomic mass is 9.86. The first kappa shape index (κ1) is 32.0. The number of anilines is 1. The normalized spacial score (nSPS) is 22.3. The third-order valence-electron chi connectivity index (χ3n) is 8.75. The van der Waals surface area contributed by atoms with Crippen molar-refractivity contribution in [2.75, 3.05) is 58.5 Å². The van der Waals surface area contributed by atoms with E-state index in [1.165, 1.54) is 18.1 Å². The summed E-state index contributed by atoms with van der Waals surface area (Å²) in [6.07, 6.45) is 2.51. The molecule has 2 aromatic rings. The lowest BCUT2D eigenvalue weighted by Crippen LogP contribution is -2.54. The van der Waals surface area contributed by atoms with Crippen molar-refractivity contribution < 1.29 is 32.6 Å². The molecular weight excluding hydrogens is 586 g/mol. The van der Waals surface area contributed by atoms with Crippen LogP contribution >= 0.6 is 0 Å². The van der Waals surface area contributed by atoms with Crippen LogP contribution in [0.25, 0.3) is 0 Å². The van der Waals surface area contributed by atoms with E-state index in [-0.39, 0.29) is 29.8 Å². The number of benzene rings is 2. The van der Waals surface area contributed by atoms with E-state index in [1.807, 2.05) is 24.3 Å². The largest absolute Gasteiger partial charge is 0.468 e. The molecule has 3 heterocycles. The van der Waals surface area contributed by atoms with Gasteiger partial charge in [0.05, 0.1) is 36.7 Å². The van der Waals surface area contributed by atoms with Crippen LogP contribution in [0.1, 0.15) is 36.4 Å². The Labute approximate surface area is 260 Å². The van der Waals surface area contributed by atoms with Crippen LogP contribution in [0.2, 0.25) is 0 Å². The van der Waals surface area contributed by atoms with E-state index in [9.17, 15) is 28.4 Å². The van der Waals surface area contributed by atoms with Crippen LogP contribution in [0.15, 0.2) is 47.5 Å². The van der Waals surface area contributed by atoms with Gasteiger partial charge in [-0.3, -0.25) is 4.79 Å². The Bertz CT molecular complexity index is 1510. The molecule has 0 radical (unpaired) electrons. The standard InChI is InChI=1S/C32H36F2N6O5/c1-44-19-26-28(30(41)45-2)29(21-7-8-24(33)25(34)15-21)40(31(42)37-26)32(43)39-12-9-20(18-39)17-36-23-10-13-38(14-11-23)27-6-4-3-5-22(27)16-35/h3-8,15,20,23,28-29,36H,9-14,17-19H2,1-2H3/t20?,28?,29-/m0/s1. The molecule has 0 aromatic heterocycles. The Morgan fingerprint density at radius 1 is 1.07 bits per heavy atom. The number of ether oxygens (including phenoxy) is 2. The van der Waals surface area contributed by atoms with Gasteiger partial charge in [-0.25, -0.2) is 23.3 Å². The molecule has 2 fully saturated rings. The van der Waals surface area contributed by atoms with Crippen LogP contribution in [0.5, 0.6) is 0 Å². The van der Waals surface area contributed by atoms with Crippen LogP contribution < -0.4 is 10.2 Å². The SMILES string of the molecule is COCC1=NC(=O)N(C(=O)N2CCC(CNC3CCN(c4ccccc4C#N)CC3)C2)[C@@H](c2ccc(F)c(F)c2)C1C(=O)OC. The number of rotatable bonds is 8. The molecule has 0 saturated carbocycles. The van der Waals surface area contributed by atoms with Crippen molar-refractivity contribution in [3.05, 3.63) is 65.2 Å². The van der Waals surface area contributed by atoms with Crippen LogP contribution in [-0.4, -0.2) is 93.1 Å². The number of amides is 4. The summed E-state index contributed by atoms with van der Waals surface area (Å²) < 4.78 is 38.4. The highest BCUT2D eigenvalue weighted by atomic mass is 19.2. The number of aliphatic imine (C=N–C) groups is 1. The summed E-state index contributed by atoms with van der Waals surface area (Å²) in [6, 6.07) is 10.2. The molecule has 238 valence electrons. The number of para-hydroxylation sites is 1. The number of piperidine rings is 1. The highest BCUT2D eigenvalue weighted by Crippen LogP contribution is 2.37. The van der Waals surface area contributed by atoms with Gasteiger partial charge in [0.25, 0.3) is 0 Å².